The summed E-state index contributed by atoms with van der Waals surface area (Å²) in [7, 11) is 0. The van der Waals surface area contributed by atoms with Crippen LogP contribution in [0.3, 0.4) is 0 Å². The molecule has 0 amide bonds. The van der Waals surface area contributed by atoms with Gasteiger partial charge in [0.05, 0.1) is 0 Å². The monoisotopic (exact) mass is 596 g/mol. The summed E-state index contributed by atoms with van der Waals surface area (Å²) in [5.74, 6) is 0. The molecule has 0 atom stereocenters. The van der Waals surface area contributed by atoms with Crippen molar-refractivity contribution in [1.82, 2.24) is 0 Å². The fourth-order valence-electron chi connectivity index (χ4n) is 0. The summed E-state index contributed by atoms with van der Waals surface area (Å²) in [6, 6.07) is 0. The minimum atomic E-state index is 0. The van der Waals surface area contributed by atoms with Gasteiger partial charge in [0.15, 0.2) is 0 Å². The fourth-order valence-corrected chi connectivity index (χ4v) is 0. The normalized spacial score (nSPS) is 0. The Balaban J connectivity index is 0. The summed E-state index contributed by atoms with van der Waals surface area (Å²) in [6.45, 7) is 0. The van der Waals surface area contributed by atoms with Gasteiger partial charge in [-0.1, -0.05) is 0 Å². The molecule has 0 aliphatic heterocycles. The molecule has 5 heteroatoms. The van der Waals surface area contributed by atoms with Crippen molar-refractivity contribution in [1.29, 1.82) is 0 Å². The van der Waals surface area contributed by atoms with Gasteiger partial charge in [-0.2, -0.15) is 0 Å². The van der Waals surface area contributed by atoms with Crippen LogP contribution in [0.2, 0.25) is 0 Å². The third-order valence-corrected chi connectivity index (χ3v) is 0. The van der Waals surface area contributed by atoms with E-state index in [0.717, 1.165) is 0 Å². The van der Waals surface area contributed by atoms with Crippen molar-refractivity contribution in [2.75, 3.05) is 0 Å². The van der Waals surface area contributed by atoms with Gasteiger partial charge in [-0.15, -0.1) is 0 Å². The molecule has 0 aromatic heterocycles. The van der Waals surface area contributed by atoms with E-state index >= 15 is 0 Å². The molecule has 0 fully saturated rings. The van der Waals surface area contributed by atoms with Crippen molar-refractivity contribution in [3.63, 3.8) is 0 Å². The minimum absolute atomic E-state index is 0. The van der Waals surface area contributed by atoms with Gasteiger partial charge in [-0.25, -0.2) is 0 Å². The van der Waals surface area contributed by atoms with Crippen LogP contribution in [0, 0.1) is 0 Å². The predicted molar refractivity (Wildman–Crippen MR) is 5.75 cm³/mol. The van der Waals surface area contributed by atoms with Crippen LogP contribution in [0.15, 0.2) is 0 Å². The zero-order valence-corrected chi connectivity index (χ0v) is 14.3. The third-order valence-electron chi connectivity index (χ3n) is 0. The Morgan fingerprint density at radius 2 is 0.400 bits per heavy atom. The van der Waals surface area contributed by atoms with Crippen LogP contribution in [-0.4, -0.2) is 45.5 Å². The average molecular weight is 595 g/mol. The zero-order valence-electron chi connectivity index (χ0n) is 2.22. The maximum atomic E-state index is 0. The quantitative estimate of drug-likeness (QED) is 0.193. The van der Waals surface area contributed by atoms with E-state index in [2.05, 4.69) is 0 Å². The summed E-state index contributed by atoms with van der Waals surface area (Å²) in [6.07, 6.45) is 0. The van der Waals surface area contributed by atoms with Crippen molar-refractivity contribution in [3.05, 3.63) is 0 Å². The molecular weight excluding hydrogens is 595 g/mol. The van der Waals surface area contributed by atoms with E-state index in [4.69, 9.17) is 0 Å². The van der Waals surface area contributed by atoms with Crippen LogP contribution in [0.25, 0.3) is 0 Å². The molecule has 0 aliphatic carbocycles. The molecule has 5 heavy (non-hydrogen) atoms. The summed E-state index contributed by atoms with van der Waals surface area (Å²) in [5, 5.41) is 0. The second-order valence-corrected chi connectivity index (χ2v) is 0. The summed E-state index contributed by atoms with van der Waals surface area (Å²) >= 11 is 0. The first kappa shape index (κ1) is 34.3. The van der Waals surface area contributed by atoms with E-state index in [1.54, 1.807) is 0 Å². The van der Waals surface area contributed by atoms with Crippen molar-refractivity contribution < 1.29 is 95.9 Å². The molecule has 0 aromatic rings. The molecule has 0 radical (unpaired) electrons. The van der Waals surface area contributed by atoms with Gasteiger partial charge >= 0.3 is 45.5 Å². The van der Waals surface area contributed by atoms with E-state index < -0.39 is 0 Å². The first-order valence-corrected chi connectivity index (χ1v) is 0. The Labute approximate surface area is 137 Å². The molecule has 0 saturated heterocycles. The number of rotatable bonds is 0. The van der Waals surface area contributed by atoms with Crippen molar-refractivity contribution in [3.8, 4) is 0 Å². The largest absolute Gasteiger partial charge is 2.00 e. The molecule has 0 heterocycles. The average Bonchev–Trinajstić information content (AvgIpc) is 0. The zero-order chi connectivity index (χ0) is 0. The first-order valence-electron chi connectivity index (χ1n) is 0. The standard InChI is InChI=1S/4HI.Sr/h4*1H;/q;;;;+2/p-4. The minimum Gasteiger partial charge on any atom is -1.00 e. The summed E-state index contributed by atoms with van der Waals surface area (Å²) < 4.78 is 0. The molecule has 0 rings (SSSR count). The van der Waals surface area contributed by atoms with Gasteiger partial charge in [-0.3, -0.25) is 0 Å². The molecule has 0 aliphatic rings. The molecule has 0 nitrogen and oxygen atoms in total. The Morgan fingerprint density at radius 3 is 0.400 bits per heavy atom. The van der Waals surface area contributed by atoms with Crippen molar-refractivity contribution in [2.45, 2.75) is 0 Å². The van der Waals surface area contributed by atoms with Gasteiger partial charge < -0.3 is 95.9 Å². The van der Waals surface area contributed by atoms with Crippen LogP contribution >= 0.6 is 0 Å². The Kier molecular flexibility index (Phi) is 163. The van der Waals surface area contributed by atoms with Crippen molar-refractivity contribution >= 4 is 45.5 Å². The van der Waals surface area contributed by atoms with E-state index in [0.29, 0.717) is 0 Å². The Bertz CT molecular complexity index is 3.61. The number of hydrogen-bond acceptors (Lipinski definition) is 0. The maximum Gasteiger partial charge on any atom is 2.00 e. The summed E-state index contributed by atoms with van der Waals surface area (Å²) in [4.78, 5) is 0. The van der Waals surface area contributed by atoms with Crippen LogP contribution in [-0.2, 0) is 0 Å². The summed E-state index contributed by atoms with van der Waals surface area (Å²) in [5.41, 5.74) is 0. The topological polar surface area (TPSA) is 0 Å². The van der Waals surface area contributed by atoms with Crippen LogP contribution in [0.5, 0.6) is 0 Å². The van der Waals surface area contributed by atoms with E-state index in [1.165, 1.54) is 0 Å². The van der Waals surface area contributed by atoms with Crippen LogP contribution < -0.4 is 95.9 Å². The second kappa shape index (κ2) is 23.8. The Morgan fingerprint density at radius 1 is 0.400 bits per heavy atom. The first-order chi connectivity index (χ1) is 0. The molecule has 0 N–H and O–H groups in total. The maximum absolute atomic E-state index is 0. The van der Waals surface area contributed by atoms with E-state index in [1.807, 2.05) is 0 Å². The fraction of sp³-hybridized carbons (Fsp3) is 0. The predicted octanol–water partition coefficient (Wildman–Crippen LogP) is -12.4. The molecule has 0 unspecified atom stereocenters. The molecular formula is I4Sr-2. The van der Waals surface area contributed by atoms with Gasteiger partial charge in [0.1, 0.15) is 0 Å². The molecule has 0 spiro atoms. The van der Waals surface area contributed by atoms with Crippen molar-refractivity contribution in [2.24, 2.45) is 0 Å². The smallest absolute Gasteiger partial charge is 1.00 e. The SMILES string of the molecule is [I-].[I-].[I-].[I-].[Sr+2]. The van der Waals surface area contributed by atoms with E-state index in [-0.39, 0.29) is 141 Å². The van der Waals surface area contributed by atoms with Gasteiger partial charge in [0, 0.05) is 0 Å². The molecule has 0 bridgehead atoms. The van der Waals surface area contributed by atoms with Crippen LogP contribution in [0.4, 0.5) is 0 Å². The second-order valence-electron chi connectivity index (χ2n) is 0. The van der Waals surface area contributed by atoms with E-state index in [9.17, 15) is 0 Å². The number of halogens is 4. The number of hydrogen-bond donors (Lipinski definition) is 0. The molecule has 0 saturated carbocycles. The van der Waals surface area contributed by atoms with Gasteiger partial charge in [-0.05, 0) is 0 Å². The van der Waals surface area contributed by atoms with Gasteiger partial charge in [0.2, 0.25) is 0 Å². The molecule has 32 valence electrons. The Hall–Kier alpha value is 4.40. The third kappa shape index (κ3) is 17.8. The molecule has 0 aromatic carbocycles. The van der Waals surface area contributed by atoms with Gasteiger partial charge in [0.25, 0.3) is 0 Å². The van der Waals surface area contributed by atoms with Crippen LogP contribution in [0.1, 0.15) is 0 Å².